The molecule has 0 N–H and O–H groups in total. The second-order valence-electron chi connectivity index (χ2n) is 12.3. The Morgan fingerprint density at radius 1 is 0.884 bits per heavy atom. The van der Waals surface area contributed by atoms with Gasteiger partial charge in [0.25, 0.3) is 0 Å². The highest BCUT2D eigenvalue weighted by molar-refractivity contribution is 7.85. The van der Waals surface area contributed by atoms with Crippen LogP contribution in [0.5, 0.6) is 0 Å². The lowest BCUT2D eigenvalue weighted by molar-refractivity contribution is -0.692. The molecule has 1 aromatic carbocycles. The molecule has 0 radical (unpaired) electrons. The molecule has 1 aliphatic heterocycles. The van der Waals surface area contributed by atoms with Crippen molar-refractivity contribution in [3.8, 4) is 0 Å². The average molecular weight is 638 g/mol. The third kappa shape index (κ3) is 19.6. The molecule has 246 valence electrons. The first-order valence-electron chi connectivity index (χ1n) is 17.0. The fourth-order valence-electron chi connectivity index (χ4n) is 5.53. The summed E-state index contributed by atoms with van der Waals surface area (Å²) in [6.45, 7) is 7.94. The molecule has 2 aromatic rings. The lowest BCUT2D eigenvalue weighted by Gasteiger charge is -2.10. The first kappa shape index (κ1) is 37.9. The molecule has 0 unspecified atom stereocenters. The zero-order chi connectivity index (χ0) is 31.0. The van der Waals surface area contributed by atoms with Gasteiger partial charge < -0.3 is 14.0 Å². The molecule has 0 amide bonds. The number of aromatic nitrogens is 1. The predicted octanol–water partition coefficient (Wildman–Crippen LogP) is 9.01. The monoisotopic (exact) mass is 637 g/mol. The number of ether oxygens (including phenoxy) is 2. The third-order valence-corrected chi connectivity index (χ3v) is 9.75. The molecule has 1 aromatic heterocycles. The highest BCUT2D eigenvalue weighted by Gasteiger charge is 2.25. The van der Waals surface area contributed by atoms with Gasteiger partial charge in [0, 0.05) is 19.6 Å². The van der Waals surface area contributed by atoms with Crippen LogP contribution in [0.4, 0.5) is 0 Å². The van der Waals surface area contributed by atoms with Crippen molar-refractivity contribution in [2.45, 2.75) is 147 Å². The molecule has 2 heterocycles. The van der Waals surface area contributed by atoms with Gasteiger partial charge >= 0.3 is 0 Å². The number of hydrogen-bond donors (Lipinski definition) is 0. The van der Waals surface area contributed by atoms with Crippen LogP contribution in [0.3, 0.4) is 0 Å². The first-order valence-corrected chi connectivity index (χ1v) is 19.4. The van der Waals surface area contributed by atoms with E-state index in [0.29, 0.717) is 6.10 Å². The van der Waals surface area contributed by atoms with Crippen LogP contribution >= 0.6 is 11.3 Å². The molecule has 6 nitrogen and oxygen atoms in total. The Kier molecular flexibility index (Phi) is 21.1. The summed E-state index contributed by atoms with van der Waals surface area (Å²) in [6, 6.07) is 5.78. The van der Waals surface area contributed by atoms with Crippen LogP contribution in [0, 0.1) is 12.8 Å². The summed E-state index contributed by atoms with van der Waals surface area (Å²) >= 11 is 1.77. The van der Waals surface area contributed by atoms with Gasteiger partial charge in [-0.3, -0.25) is 0 Å². The molecule has 3 rings (SSSR count). The molecule has 1 fully saturated rings. The summed E-state index contributed by atoms with van der Waals surface area (Å²) < 4.78 is 45.3. The summed E-state index contributed by atoms with van der Waals surface area (Å²) in [6.07, 6.45) is 27.3. The van der Waals surface area contributed by atoms with Crippen LogP contribution < -0.4 is 4.57 Å². The number of hydrogen-bond acceptors (Lipinski definition) is 6. The Morgan fingerprint density at radius 2 is 1.49 bits per heavy atom. The normalized spacial score (nSPS) is 16.7. The summed E-state index contributed by atoms with van der Waals surface area (Å²) in [5.74, 6) is 0.779. The zero-order valence-corrected chi connectivity index (χ0v) is 28.7. The summed E-state index contributed by atoms with van der Waals surface area (Å²) in [7, 11) is -4.27. The Morgan fingerprint density at radius 3 is 2.09 bits per heavy atom. The summed E-state index contributed by atoms with van der Waals surface area (Å²) in [5.41, 5.74) is 3.12. The topological polar surface area (TPSA) is 79.5 Å². The van der Waals surface area contributed by atoms with Crippen molar-refractivity contribution in [2.24, 2.45) is 5.92 Å². The van der Waals surface area contributed by atoms with Gasteiger partial charge in [0.05, 0.1) is 23.0 Å². The molecular formula is C35H59NO5S2. The van der Waals surface area contributed by atoms with Crippen LogP contribution in [0.15, 0.2) is 46.2 Å². The van der Waals surface area contributed by atoms with Gasteiger partial charge in [-0.25, -0.2) is 8.42 Å². The standard InChI is InChI=1S/C28H52NO2S.C7H8O3S/c1-2-3-4-5-6-7-8-9-10-11-12-15-18-27-23-28(31-24-27)25-30-21-17-14-13-16-19-29-20-22-32-26-29;1-6-2-4-7(5-3-6)11(8,9)10/h20,22,26-28H,2-19,21,23-25H2,1H3;2-5H,1H3,(H,8,9,10)/q+1;/p-1/t27-,28+;/m0./s1. The molecular weight excluding hydrogens is 579 g/mol. The predicted molar refractivity (Wildman–Crippen MR) is 176 cm³/mol. The molecule has 0 aliphatic carbocycles. The smallest absolute Gasteiger partial charge is 0.224 e. The van der Waals surface area contributed by atoms with Gasteiger partial charge in [-0.2, -0.15) is 4.57 Å². The minimum absolute atomic E-state index is 0.178. The van der Waals surface area contributed by atoms with E-state index in [9.17, 15) is 13.0 Å². The Bertz CT molecular complexity index is 1010. The van der Waals surface area contributed by atoms with Crippen molar-refractivity contribution in [1.29, 1.82) is 0 Å². The van der Waals surface area contributed by atoms with Crippen LogP contribution in [0.1, 0.15) is 128 Å². The molecule has 1 aliphatic rings. The molecule has 2 atom stereocenters. The molecule has 0 saturated carbocycles. The van der Waals surface area contributed by atoms with Gasteiger partial charge in [-0.15, -0.1) is 0 Å². The fraction of sp³-hybridized carbons (Fsp3) is 0.743. The summed E-state index contributed by atoms with van der Waals surface area (Å²) in [5, 5.41) is 2.14. The van der Waals surface area contributed by atoms with E-state index < -0.39 is 10.1 Å². The molecule has 0 bridgehead atoms. The minimum Gasteiger partial charge on any atom is -0.744 e. The fourth-order valence-corrected chi connectivity index (χ4v) is 6.63. The lowest BCUT2D eigenvalue weighted by atomic mass is 9.97. The SMILES string of the molecule is CCCCCCCCCCCCCC[C@@H]1CO[C@@H](COCCCCCC[n+]2ccsc2)C1.Cc1ccc(S(=O)(=O)[O-])cc1. The van der Waals surface area contributed by atoms with Crippen molar-refractivity contribution in [3.05, 3.63) is 46.9 Å². The van der Waals surface area contributed by atoms with Crippen molar-refractivity contribution in [1.82, 2.24) is 0 Å². The second-order valence-corrected chi connectivity index (χ2v) is 14.4. The van der Waals surface area contributed by atoms with Crippen molar-refractivity contribution >= 4 is 21.5 Å². The van der Waals surface area contributed by atoms with E-state index in [0.717, 1.165) is 37.8 Å². The average Bonchev–Trinajstić information content (AvgIpc) is 3.67. The highest BCUT2D eigenvalue weighted by atomic mass is 32.2. The van der Waals surface area contributed by atoms with Crippen molar-refractivity contribution < 1.29 is 27.0 Å². The van der Waals surface area contributed by atoms with Gasteiger partial charge in [0.15, 0.2) is 6.20 Å². The quantitative estimate of drug-likeness (QED) is 0.0690. The number of rotatable bonds is 23. The maximum atomic E-state index is 10.4. The number of nitrogens with zero attached hydrogens (tertiary/aromatic N) is 1. The van der Waals surface area contributed by atoms with Gasteiger partial charge in [0.1, 0.15) is 16.7 Å². The molecule has 43 heavy (non-hydrogen) atoms. The number of benzene rings is 1. The summed E-state index contributed by atoms with van der Waals surface area (Å²) in [4.78, 5) is -0.178. The van der Waals surface area contributed by atoms with Crippen LogP contribution in [0.2, 0.25) is 0 Å². The molecule has 1 saturated heterocycles. The second kappa shape index (κ2) is 24.0. The van der Waals surface area contributed by atoms with E-state index in [1.165, 1.54) is 128 Å². The largest absolute Gasteiger partial charge is 0.744 e. The van der Waals surface area contributed by atoms with Gasteiger partial charge in [0.2, 0.25) is 5.51 Å². The Labute approximate surface area is 267 Å². The Balaban J connectivity index is 0.000000490. The number of unbranched alkanes of at least 4 members (excludes halogenated alkanes) is 14. The van der Waals surface area contributed by atoms with E-state index in [-0.39, 0.29) is 4.90 Å². The van der Waals surface area contributed by atoms with Crippen LogP contribution in [-0.4, -0.2) is 38.9 Å². The van der Waals surface area contributed by atoms with E-state index in [4.69, 9.17) is 9.47 Å². The van der Waals surface area contributed by atoms with Crippen molar-refractivity contribution in [3.63, 3.8) is 0 Å². The van der Waals surface area contributed by atoms with Gasteiger partial charge in [-0.1, -0.05) is 119 Å². The third-order valence-electron chi connectivity index (χ3n) is 8.23. The molecule has 0 spiro atoms. The van der Waals surface area contributed by atoms with E-state index >= 15 is 0 Å². The van der Waals surface area contributed by atoms with Crippen molar-refractivity contribution in [2.75, 3.05) is 19.8 Å². The van der Waals surface area contributed by atoms with Crippen LogP contribution in [-0.2, 0) is 26.1 Å². The van der Waals surface area contributed by atoms with E-state index in [1.54, 1.807) is 23.5 Å². The van der Waals surface area contributed by atoms with Gasteiger partial charge in [-0.05, 0) is 50.7 Å². The maximum absolute atomic E-state index is 10.4. The van der Waals surface area contributed by atoms with E-state index in [2.05, 4.69) is 28.6 Å². The number of aryl methyl sites for hydroxylation is 2. The first-order chi connectivity index (χ1) is 20.9. The molecule has 8 heteroatoms. The number of thiazole rings is 1. The Hall–Kier alpha value is -1.32. The lowest BCUT2D eigenvalue weighted by Crippen LogP contribution is -2.29. The maximum Gasteiger partial charge on any atom is 0.224 e. The zero-order valence-electron chi connectivity index (χ0n) is 27.1. The minimum atomic E-state index is -4.27. The van der Waals surface area contributed by atoms with E-state index in [1.807, 2.05) is 6.92 Å². The van der Waals surface area contributed by atoms with Crippen LogP contribution in [0.25, 0.3) is 0 Å². The highest BCUT2D eigenvalue weighted by Crippen LogP contribution is 2.25.